The number of fused-ring (bicyclic) bond motifs is 10. The SMILES string of the molecule is Cn1c2ccccc2c2c3c(c4c5cc(O)c(O)cc5n(CCC#N)c4c21)C(=O)NC3=O. The maximum Gasteiger partial charge on any atom is 0.259 e. The summed E-state index contributed by atoms with van der Waals surface area (Å²) in [5.41, 5.74) is 3.45. The highest BCUT2D eigenvalue weighted by molar-refractivity contribution is 6.39. The molecule has 0 aliphatic carbocycles. The highest BCUT2D eigenvalue weighted by Crippen LogP contribution is 2.46. The molecule has 6 rings (SSSR count). The first-order valence-electron chi connectivity index (χ1n) is 10.1. The number of phenols is 2. The van der Waals surface area contributed by atoms with E-state index in [-0.39, 0.29) is 23.5 Å². The number of nitriles is 1. The molecule has 0 fully saturated rings. The summed E-state index contributed by atoms with van der Waals surface area (Å²) >= 11 is 0. The molecule has 0 atom stereocenters. The lowest BCUT2D eigenvalue weighted by atomic mass is 9.96. The lowest BCUT2D eigenvalue weighted by molar-refractivity contribution is 0.0880. The number of para-hydroxylation sites is 1. The number of amides is 2. The van der Waals surface area contributed by atoms with Crippen LogP contribution in [-0.2, 0) is 13.6 Å². The summed E-state index contributed by atoms with van der Waals surface area (Å²) in [5, 5.41) is 34.7. The molecule has 0 saturated carbocycles. The zero-order chi connectivity index (χ0) is 22.3. The van der Waals surface area contributed by atoms with Crippen molar-refractivity contribution in [1.82, 2.24) is 14.5 Å². The van der Waals surface area contributed by atoms with Gasteiger partial charge in [-0.1, -0.05) is 18.2 Å². The molecule has 8 heteroatoms. The number of aromatic hydroxyl groups is 2. The molecule has 32 heavy (non-hydrogen) atoms. The predicted molar refractivity (Wildman–Crippen MR) is 119 cm³/mol. The summed E-state index contributed by atoms with van der Waals surface area (Å²) < 4.78 is 3.86. The molecule has 1 aliphatic heterocycles. The fraction of sp³-hybridized carbons (Fsp3) is 0.125. The van der Waals surface area contributed by atoms with Crippen LogP contribution < -0.4 is 5.32 Å². The van der Waals surface area contributed by atoms with Crippen LogP contribution in [0, 0.1) is 11.3 Å². The smallest absolute Gasteiger partial charge is 0.259 e. The van der Waals surface area contributed by atoms with Crippen LogP contribution in [0.15, 0.2) is 36.4 Å². The number of imide groups is 1. The van der Waals surface area contributed by atoms with Gasteiger partial charge in [0.25, 0.3) is 11.8 Å². The van der Waals surface area contributed by atoms with Gasteiger partial charge in [0, 0.05) is 46.7 Å². The van der Waals surface area contributed by atoms with Gasteiger partial charge in [-0.3, -0.25) is 14.9 Å². The van der Waals surface area contributed by atoms with E-state index in [0.717, 1.165) is 16.4 Å². The number of hydrogen-bond donors (Lipinski definition) is 3. The zero-order valence-electron chi connectivity index (χ0n) is 16.9. The minimum Gasteiger partial charge on any atom is -0.504 e. The number of benzene rings is 3. The monoisotopic (exact) mass is 424 g/mol. The molecule has 0 saturated heterocycles. The second-order valence-electron chi connectivity index (χ2n) is 7.97. The van der Waals surface area contributed by atoms with E-state index < -0.39 is 11.8 Å². The zero-order valence-corrected chi connectivity index (χ0v) is 16.9. The van der Waals surface area contributed by atoms with Crippen molar-refractivity contribution in [2.45, 2.75) is 13.0 Å². The van der Waals surface area contributed by atoms with Gasteiger partial charge in [0.15, 0.2) is 11.5 Å². The molecule has 5 aromatic rings. The molecule has 3 aromatic carbocycles. The third kappa shape index (κ3) is 2.04. The van der Waals surface area contributed by atoms with Crippen molar-refractivity contribution in [1.29, 1.82) is 5.26 Å². The highest BCUT2D eigenvalue weighted by atomic mass is 16.3. The lowest BCUT2D eigenvalue weighted by Gasteiger charge is -2.09. The largest absolute Gasteiger partial charge is 0.504 e. The van der Waals surface area contributed by atoms with Crippen LogP contribution in [0.2, 0.25) is 0 Å². The molecule has 0 unspecified atom stereocenters. The number of rotatable bonds is 2. The molecule has 2 amide bonds. The summed E-state index contributed by atoms with van der Waals surface area (Å²) in [5.74, 6) is -1.60. The Morgan fingerprint density at radius 1 is 0.938 bits per heavy atom. The third-order valence-corrected chi connectivity index (χ3v) is 6.37. The predicted octanol–water partition coefficient (Wildman–Crippen LogP) is 3.65. The Kier molecular flexibility index (Phi) is 3.44. The molecule has 2 aromatic heterocycles. The fourth-order valence-corrected chi connectivity index (χ4v) is 5.12. The van der Waals surface area contributed by atoms with Crippen LogP contribution >= 0.6 is 0 Å². The van der Waals surface area contributed by atoms with E-state index in [1.165, 1.54) is 12.1 Å². The van der Waals surface area contributed by atoms with Gasteiger partial charge >= 0.3 is 0 Å². The van der Waals surface area contributed by atoms with Crippen LogP contribution in [0.3, 0.4) is 0 Å². The van der Waals surface area contributed by atoms with Crippen LogP contribution in [0.4, 0.5) is 0 Å². The number of carbonyl (C=O) groups excluding carboxylic acids is 2. The summed E-state index contributed by atoms with van der Waals surface area (Å²) in [6, 6.07) is 12.6. The number of carbonyl (C=O) groups is 2. The number of aryl methyl sites for hydroxylation is 2. The first-order chi connectivity index (χ1) is 15.4. The Morgan fingerprint density at radius 3 is 2.31 bits per heavy atom. The Hall–Kier alpha value is -4.51. The Morgan fingerprint density at radius 2 is 1.59 bits per heavy atom. The van der Waals surface area contributed by atoms with Crippen molar-refractivity contribution in [3.63, 3.8) is 0 Å². The molecule has 0 radical (unpaired) electrons. The topological polar surface area (TPSA) is 120 Å². The average Bonchev–Trinajstić information content (AvgIpc) is 3.35. The van der Waals surface area contributed by atoms with Crippen molar-refractivity contribution >= 4 is 55.4 Å². The number of aromatic nitrogens is 2. The van der Waals surface area contributed by atoms with E-state index in [0.29, 0.717) is 39.3 Å². The second kappa shape index (κ2) is 6.02. The summed E-state index contributed by atoms with van der Waals surface area (Å²) in [4.78, 5) is 25.9. The van der Waals surface area contributed by atoms with Crippen molar-refractivity contribution in [3.8, 4) is 17.6 Å². The third-order valence-electron chi connectivity index (χ3n) is 6.37. The minimum atomic E-state index is -0.503. The molecule has 0 bridgehead atoms. The van der Waals surface area contributed by atoms with Gasteiger partial charge in [0.05, 0.1) is 40.2 Å². The van der Waals surface area contributed by atoms with E-state index in [1.807, 2.05) is 40.4 Å². The number of nitrogens with zero attached hydrogens (tertiary/aromatic N) is 3. The van der Waals surface area contributed by atoms with Crippen molar-refractivity contribution < 1.29 is 19.8 Å². The van der Waals surface area contributed by atoms with Crippen LogP contribution in [0.5, 0.6) is 11.5 Å². The van der Waals surface area contributed by atoms with Gasteiger partial charge in [0.2, 0.25) is 0 Å². The van der Waals surface area contributed by atoms with E-state index in [4.69, 9.17) is 0 Å². The molecular weight excluding hydrogens is 408 g/mol. The first kappa shape index (κ1) is 18.3. The quantitative estimate of drug-likeness (QED) is 0.295. The standard InChI is InChI=1S/C24H16N4O4/c1-27-13-6-3-2-5-11(13)17-19-20(24(32)26-23(19)31)18-12-9-15(29)16(30)10-14(12)28(8-4-7-25)22(18)21(17)27/h2-3,5-6,9-10,29-30H,4,8H2,1H3,(H,26,31,32). The van der Waals surface area contributed by atoms with Crippen molar-refractivity contribution in [2.75, 3.05) is 0 Å². The van der Waals surface area contributed by atoms with Gasteiger partial charge in [0.1, 0.15) is 0 Å². The van der Waals surface area contributed by atoms with E-state index in [1.54, 1.807) is 0 Å². The molecule has 3 heterocycles. The summed E-state index contributed by atoms with van der Waals surface area (Å²) in [6.07, 6.45) is 0.203. The van der Waals surface area contributed by atoms with Crippen LogP contribution in [-0.4, -0.2) is 31.2 Å². The van der Waals surface area contributed by atoms with Crippen molar-refractivity contribution in [3.05, 3.63) is 47.5 Å². The van der Waals surface area contributed by atoms with Crippen LogP contribution in [0.1, 0.15) is 27.1 Å². The maximum absolute atomic E-state index is 13.0. The van der Waals surface area contributed by atoms with Gasteiger partial charge in [-0.05, 0) is 12.1 Å². The molecule has 0 spiro atoms. The Balaban J connectivity index is 2.01. The lowest BCUT2D eigenvalue weighted by Crippen LogP contribution is -2.20. The second-order valence-corrected chi connectivity index (χ2v) is 7.97. The average molecular weight is 424 g/mol. The summed E-state index contributed by atoms with van der Waals surface area (Å²) in [6.45, 7) is 0.311. The molecular formula is C24H16N4O4. The van der Waals surface area contributed by atoms with Gasteiger partial charge in [-0.15, -0.1) is 0 Å². The molecule has 3 N–H and O–H groups in total. The maximum atomic E-state index is 13.0. The van der Waals surface area contributed by atoms with Gasteiger partial charge < -0.3 is 19.3 Å². The fourth-order valence-electron chi connectivity index (χ4n) is 5.12. The van der Waals surface area contributed by atoms with E-state index in [2.05, 4.69) is 11.4 Å². The molecule has 8 nitrogen and oxygen atoms in total. The summed E-state index contributed by atoms with van der Waals surface area (Å²) in [7, 11) is 1.90. The van der Waals surface area contributed by atoms with Crippen molar-refractivity contribution in [2.24, 2.45) is 7.05 Å². The molecule has 1 aliphatic rings. The number of phenolic OH excluding ortho intramolecular Hbond substituents is 2. The normalized spacial score (nSPS) is 13.4. The van der Waals surface area contributed by atoms with Gasteiger partial charge in [-0.25, -0.2) is 0 Å². The highest BCUT2D eigenvalue weighted by Gasteiger charge is 2.36. The number of nitrogens with one attached hydrogen (secondary N) is 1. The Bertz CT molecular complexity index is 1730. The van der Waals surface area contributed by atoms with Gasteiger partial charge in [-0.2, -0.15) is 5.26 Å². The minimum absolute atomic E-state index is 0.203. The molecule has 156 valence electrons. The first-order valence-corrected chi connectivity index (χ1v) is 10.1. The Labute approximate surface area is 180 Å². The van der Waals surface area contributed by atoms with Crippen LogP contribution in [0.25, 0.3) is 43.6 Å². The number of hydrogen-bond acceptors (Lipinski definition) is 5. The van der Waals surface area contributed by atoms with E-state index >= 15 is 0 Å². The van der Waals surface area contributed by atoms with E-state index in [9.17, 15) is 25.1 Å².